The second-order valence-corrected chi connectivity index (χ2v) is 8.58. The van der Waals surface area contributed by atoms with E-state index in [0.717, 1.165) is 75.2 Å². The van der Waals surface area contributed by atoms with Gasteiger partial charge in [-0.15, -0.1) is 5.10 Å². The van der Waals surface area contributed by atoms with Gasteiger partial charge in [-0.2, -0.15) is 0 Å². The van der Waals surface area contributed by atoms with E-state index in [-0.39, 0.29) is 5.56 Å². The van der Waals surface area contributed by atoms with Crippen LogP contribution in [0.1, 0.15) is 32.0 Å². The van der Waals surface area contributed by atoms with Gasteiger partial charge in [-0.05, 0) is 35.4 Å². The molecule has 3 aromatic rings. The van der Waals surface area contributed by atoms with Crippen molar-refractivity contribution in [3.8, 4) is 0 Å². The maximum atomic E-state index is 13.2. The molecule has 166 valence electrons. The summed E-state index contributed by atoms with van der Waals surface area (Å²) in [6, 6.07) is 7.54. The van der Waals surface area contributed by atoms with Crippen LogP contribution in [0.4, 0.5) is 0 Å². The van der Waals surface area contributed by atoms with E-state index in [1.54, 1.807) is 0 Å². The van der Waals surface area contributed by atoms with Gasteiger partial charge in [-0.3, -0.25) is 14.3 Å². The Hall–Kier alpha value is -2.30. The molecule has 4 rings (SSSR count). The van der Waals surface area contributed by atoms with E-state index in [1.165, 1.54) is 11.8 Å². The molecule has 10 heteroatoms. The van der Waals surface area contributed by atoms with Gasteiger partial charge in [0.05, 0.1) is 29.9 Å². The van der Waals surface area contributed by atoms with E-state index in [1.807, 2.05) is 33.5 Å². The predicted octanol–water partition coefficient (Wildman–Crippen LogP) is 2.20. The number of ether oxygens (including phenoxy) is 1. The number of unbranched alkanes of at least 4 members (excludes halogenated alkanes) is 1. The van der Waals surface area contributed by atoms with E-state index in [4.69, 9.17) is 9.72 Å². The standard InChI is InChI=1S/C21H29N7O2S/c1-2-3-11-28-19(23-24-25-28)16-31-21-22-18-8-5-4-7-17(18)20(29)27(21)10-6-9-26-12-14-30-15-13-26/h4-5,7-8H,2-3,6,9-16H2,1H3. The van der Waals surface area contributed by atoms with Crippen LogP contribution in [0.15, 0.2) is 34.2 Å². The molecule has 0 saturated carbocycles. The first kappa shape index (κ1) is 21.9. The molecule has 0 bridgehead atoms. The van der Waals surface area contributed by atoms with Crippen LogP contribution in [-0.2, 0) is 23.6 Å². The molecule has 0 unspecified atom stereocenters. The number of tetrazole rings is 1. The van der Waals surface area contributed by atoms with Crippen molar-refractivity contribution in [1.82, 2.24) is 34.7 Å². The number of hydrogen-bond donors (Lipinski definition) is 0. The lowest BCUT2D eigenvalue weighted by atomic mass is 10.2. The molecule has 1 aliphatic heterocycles. The van der Waals surface area contributed by atoms with Crippen LogP contribution in [0.3, 0.4) is 0 Å². The molecule has 0 radical (unpaired) electrons. The zero-order valence-electron chi connectivity index (χ0n) is 17.9. The van der Waals surface area contributed by atoms with Crippen molar-refractivity contribution in [2.75, 3.05) is 32.8 Å². The zero-order valence-corrected chi connectivity index (χ0v) is 18.8. The molecular weight excluding hydrogens is 414 g/mol. The maximum absolute atomic E-state index is 13.2. The summed E-state index contributed by atoms with van der Waals surface area (Å²) < 4.78 is 9.08. The molecule has 1 saturated heterocycles. The maximum Gasteiger partial charge on any atom is 0.262 e. The third-order valence-electron chi connectivity index (χ3n) is 5.45. The van der Waals surface area contributed by atoms with E-state index in [0.29, 0.717) is 17.7 Å². The summed E-state index contributed by atoms with van der Waals surface area (Å²) in [5.41, 5.74) is 0.741. The number of para-hydroxylation sites is 1. The molecule has 0 amide bonds. The first-order valence-corrected chi connectivity index (χ1v) is 11.9. The van der Waals surface area contributed by atoms with Crippen LogP contribution in [0, 0.1) is 0 Å². The van der Waals surface area contributed by atoms with E-state index < -0.39 is 0 Å². The molecule has 0 atom stereocenters. The molecule has 0 spiro atoms. The first-order valence-electron chi connectivity index (χ1n) is 10.9. The molecule has 1 aromatic carbocycles. The Morgan fingerprint density at radius 1 is 1.10 bits per heavy atom. The molecule has 9 nitrogen and oxygen atoms in total. The number of thioether (sulfide) groups is 1. The first-order chi connectivity index (χ1) is 15.3. The largest absolute Gasteiger partial charge is 0.379 e. The molecular formula is C21H29N7O2S. The highest BCUT2D eigenvalue weighted by Crippen LogP contribution is 2.21. The normalized spacial score (nSPS) is 15.0. The highest BCUT2D eigenvalue weighted by Gasteiger charge is 2.15. The molecule has 2 aromatic heterocycles. The lowest BCUT2D eigenvalue weighted by Crippen LogP contribution is -2.37. The number of nitrogens with zero attached hydrogens (tertiary/aromatic N) is 7. The minimum absolute atomic E-state index is 0.0145. The number of aromatic nitrogens is 6. The van der Waals surface area contributed by atoms with Crippen molar-refractivity contribution >= 4 is 22.7 Å². The summed E-state index contributed by atoms with van der Waals surface area (Å²) >= 11 is 1.52. The van der Waals surface area contributed by atoms with Crippen LogP contribution < -0.4 is 5.56 Å². The SMILES string of the molecule is CCCCn1nnnc1CSc1nc2ccccc2c(=O)n1CCCN1CCOCC1. The summed E-state index contributed by atoms with van der Waals surface area (Å²) in [5, 5.41) is 13.5. The Labute approximate surface area is 185 Å². The van der Waals surface area contributed by atoms with Crippen molar-refractivity contribution in [3.05, 3.63) is 40.4 Å². The van der Waals surface area contributed by atoms with Crippen LogP contribution >= 0.6 is 11.8 Å². The highest BCUT2D eigenvalue weighted by atomic mass is 32.2. The average molecular weight is 444 g/mol. The summed E-state index contributed by atoms with van der Waals surface area (Å²) in [7, 11) is 0. The quantitative estimate of drug-likeness (QED) is 0.348. The van der Waals surface area contributed by atoms with Gasteiger partial charge in [0.2, 0.25) is 0 Å². The highest BCUT2D eigenvalue weighted by molar-refractivity contribution is 7.98. The lowest BCUT2D eigenvalue weighted by Gasteiger charge is -2.26. The van der Waals surface area contributed by atoms with Crippen LogP contribution in [0.2, 0.25) is 0 Å². The summed E-state index contributed by atoms with van der Waals surface area (Å²) in [4.78, 5) is 20.4. The van der Waals surface area contributed by atoms with Crippen LogP contribution in [-0.4, -0.2) is 67.5 Å². The Kier molecular flexibility index (Phi) is 7.66. The number of hydrogen-bond acceptors (Lipinski definition) is 8. The smallest absolute Gasteiger partial charge is 0.262 e. The Balaban J connectivity index is 1.52. The third-order valence-corrected chi connectivity index (χ3v) is 6.42. The molecule has 1 fully saturated rings. The second-order valence-electron chi connectivity index (χ2n) is 7.64. The Morgan fingerprint density at radius 3 is 2.77 bits per heavy atom. The van der Waals surface area contributed by atoms with E-state index in [2.05, 4.69) is 27.3 Å². The van der Waals surface area contributed by atoms with E-state index in [9.17, 15) is 4.79 Å². The van der Waals surface area contributed by atoms with Gasteiger partial charge < -0.3 is 4.74 Å². The van der Waals surface area contributed by atoms with Crippen molar-refractivity contribution < 1.29 is 4.74 Å². The zero-order chi connectivity index (χ0) is 21.5. The minimum atomic E-state index is 0.0145. The Morgan fingerprint density at radius 2 is 1.94 bits per heavy atom. The van der Waals surface area contributed by atoms with Gasteiger partial charge in [-0.1, -0.05) is 37.2 Å². The monoisotopic (exact) mass is 443 g/mol. The number of benzene rings is 1. The molecule has 31 heavy (non-hydrogen) atoms. The van der Waals surface area contributed by atoms with Crippen LogP contribution in [0.5, 0.6) is 0 Å². The molecule has 1 aliphatic rings. The van der Waals surface area contributed by atoms with Gasteiger partial charge in [0.15, 0.2) is 11.0 Å². The minimum Gasteiger partial charge on any atom is -0.379 e. The summed E-state index contributed by atoms with van der Waals surface area (Å²) in [6.45, 7) is 8.00. The van der Waals surface area contributed by atoms with Crippen molar-refractivity contribution in [2.24, 2.45) is 0 Å². The fourth-order valence-electron chi connectivity index (χ4n) is 3.67. The van der Waals surface area contributed by atoms with Crippen molar-refractivity contribution in [3.63, 3.8) is 0 Å². The molecule has 0 aliphatic carbocycles. The summed E-state index contributed by atoms with van der Waals surface area (Å²) in [5.74, 6) is 1.38. The fraction of sp³-hybridized carbons (Fsp3) is 0.571. The second kappa shape index (κ2) is 10.8. The predicted molar refractivity (Wildman–Crippen MR) is 120 cm³/mol. The topological polar surface area (TPSA) is 91.0 Å². The Bertz CT molecular complexity index is 1050. The lowest BCUT2D eigenvalue weighted by molar-refractivity contribution is 0.0368. The van der Waals surface area contributed by atoms with Gasteiger partial charge in [0, 0.05) is 32.7 Å². The van der Waals surface area contributed by atoms with Crippen molar-refractivity contribution in [2.45, 2.75) is 50.2 Å². The van der Waals surface area contributed by atoms with E-state index >= 15 is 0 Å². The average Bonchev–Trinajstić information content (AvgIpc) is 3.26. The van der Waals surface area contributed by atoms with Gasteiger partial charge in [0.25, 0.3) is 5.56 Å². The number of fused-ring (bicyclic) bond motifs is 1. The summed E-state index contributed by atoms with van der Waals surface area (Å²) in [6.07, 6.45) is 3.01. The van der Waals surface area contributed by atoms with Gasteiger partial charge >= 0.3 is 0 Å². The number of rotatable bonds is 10. The molecule has 3 heterocycles. The molecule has 0 N–H and O–H groups in total. The number of aryl methyl sites for hydroxylation is 1. The van der Waals surface area contributed by atoms with Gasteiger partial charge in [-0.25, -0.2) is 9.67 Å². The van der Waals surface area contributed by atoms with Crippen molar-refractivity contribution in [1.29, 1.82) is 0 Å². The van der Waals surface area contributed by atoms with Crippen LogP contribution in [0.25, 0.3) is 10.9 Å². The van der Waals surface area contributed by atoms with Gasteiger partial charge in [0.1, 0.15) is 0 Å². The fourth-order valence-corrected chi connectivity index (χ4v) is 4.63. The number of morpholine rings is 1. The third kappa shape index (κ3) is 5.50.